The summed E-state index contributed by atoms with van der Waals surface area (Å²) >= 11 is 6.43. The molecule has 1 N–H and O–H groups in total. The van der Waals surface area contributed by atoms with Gasteiger partial charge in [0.25, 0.3) is 0 Å². The molecule has 1 aliphatic heterocycles. The Morgan fingerprint density at radius 1 is 1.29 bits per heavy atom. The molecule has 0 saturated carbocycles. The van der Waals surface area contributed by atoms with Gasteiger partial charge in [0, 0.05) is 36.2 Å². The fraction of sp³-hybridized carbons (Fsp3) is 0.409. The zero-order chi connectivity index (χ0) is 20.1. The maximum atomic E-state index is 12.3. The Morgan fingerprint density at radius 2 is 2.00 bits per heavy atom. The molecule has 2 aromatic carbocycles. The third kappa shape index (κ3) is 4.42. The van der Waals surface area contributed by atoms with Crippen molar-refractivity contribution in [3.05, 3.63) is 63.7 Å². The van der Waals surface area contributed by atoms with Gasteiger partial charge in [0.1, 0.15) is 12.4 Å². The molecule has 0 atom stereocenters. The minimum absolute atomic E-state index is 0.0293. The van der Waals surface area contributed by atoms with Crippen molar-refractivity contribution in [1.29, 1.82) is 0 Å². The van der Waals surface area contributed by atoms with E-state index in [0.29, 0.717) is 31.1 Å². The van der Waals surface area contributed by atoms with Crippen molar-refractivity contribution in [3.63, 3.8) is 0 Å². The predicted molar refractivity (Wildman–Crippen MR) is 109 cm³/mol. The van der Waals surface area contributed by atoms with Gasteiger partial charge in [-0.1, -0.05) is 41.9 Å². The van der Waals surface area contributed by atoms with Crippen LogP contribution in [0, 0.1) is 6.92 Å². The summed E-state index contributed by atoms with van der Waals surface area (Å²) in [5.41, 5.74) is 3.87. The van der Waals surface area contributed by atoms with Crippen LogP contribution >= 0.6 is 11.6 Å². The third-order valence-corrected chi connectivity index (χ3v) is 5.42. The highest BCUT2D eigenvalue weighted by Crippen LogP contribution is 2.41. The third-order valence-electron chi connectivity index (χ3n) is 5.02. The number of ether oxygens (including phenoxy) is 2. The van der Waals surface area contributed by atoms with E-state index < -0.39 is 0 Å². The second kappa shape index (κ2) is 9.30. The number of rotatable bonds is 7. The Labute approximate surface area is 170 Å². The first-order valence-electron chi connectivity index (χ1n) is 9.56. The number of aliphatic hydroxyl groups excluding tert-OH is 1. The lowest BCUT2D eigenvalue weighted by Crippen LogP contribution is -2.49. The van der Waals surface area contributed by atoms with E-state index in [9.17, 15) is 9.90 Å². The first-order valence-corrected chi connectivity index (χ1v) is 9.94. The number of nitrogens with zero attached hydrogens (tertiary/aromatic N) is 1. The number of carbonyl (C=O) groups excluding carboxylic acids is 1. The smallest absolute Gasteiger partial charge is 0.410 e. The van der Waals surface area contributed by atoms with Crippen molar-refractivity contribution >= 4 is 17.7 Å². The topological polar surface area (TPSA) is 59.0 Å². The summed E-state index contributed by atoms with van der Waals surface area (Å²) in [4.78, 5) is 14.0. The lowest BCUT2D eigenvalue weighted by Gasteiger charge is -2.40. The molecule has 1 amide bonds. The van der Waals surface area contributed by atoms with Gasteiger partial charge in [-0.05, 0) is 43.0 Å². The molecule has 0 spiro atoms. The van der Waals surface area contributed by atoms with Gasteiger partial charge in [0.2, 0.25) is 0 Å². The van der Waals surface area contributed by atoms with Crippen LogP contribution in [0.5, 0.6) is 5.75 Å². The average molecular weight is 404 g/mol. The summed E-state index contributed by atoms with van der Waals surface area (Å²) in [7, 11) is 0. The fourth-order valence-electron chi connectivity index (χ4n) is 3.53. The van der Waals surface area contributed by atoms with E-state index in [4.69, 9.17) is 21.1 Å². The van der Waals surface area contributed by atoms with Gasteiger partial charge in [-0.3, -0.25) is 0 Å². The number of hydrogen-bond donors (Lipinski definition) is 1. The molecule has 1 fully saturated rings. The van der Waals surface area contributed by atoms with E-state index in [-0.39, 0.29) is 25.2 Å². The van der Waals surface area contributed by atoms with Crippen molar-refractivity contribution < 1.29 is 19.4 Å². The fourth-order valence-corrected chi connectivity index (χ4v) is 3.77. The molecule has 0 aliphatic carbocycles. The van der Waals surface area contributed by atoms with Crippen LogP contribution in [0.1, 0.15) is 35.1 Å². The van der Waals surface area contributed by atoms with Crippen LogP contribution in [0.25, 0.3) is 0 Å². The van der Waals surface area contributed by atoms with Crippen LogP contribution < -0.4 is 4.74 Å². The van der Waals surface area contributed by atoms with E-state index in [1.165, 1.54) is 0 Å². The Hall–Kier alpha value is -2.24. The molecule has 1 heterocycles. The van der Waals surface area contributed by atoms with Crippen molar-refractivity contribution in [2.24, 2.45) is 0 Å². The van der Waals surface area contributed by atoms with Gasteiger partial charge in [-0.25, -0.2) is 4.79 Å². The lowest BCUT2D eigenvalue weighted by molar-refractivity contribution is 0.0657. The van der Waals surface area contributed by atoms with Gasteiger partial charge in [0.15, 0.2) is 0 Å². The quantitative estimate of drug-likeness (QED) is 0.748. The summed E-state index contributed by atoms with van der Waals surface area (Å²) in [6.07, 6.45) is 0.172. The summed E-state index contributed by atoms with van der Waals surface area (Å²) in [6, 6.07) is 11.5. The second-order valence-electron chi connectivity index (χ2n) is 6.93. The first-order chi connectivity index (χ1) is 13.5. The number of amides is 1. The van der Waals surface area contributed by atoms with Crippen molar-refractivity contribution in [2.45, 2.75) is 32.8 Å². The maximum Gasteiger partial charge on any atom is 0.410 e. The van der Waals surface area contributed by atoms with Crippen LogP contribution in [0.2, 0.25) is 5.02 Å². The van der Waals surface area contributed by atoms with E-state index in [2.05, 4.69) is 0 Å². The molecule has 2 aromatic rings. The molecule has 1 aliphatic rings. The van der Waals surface area contributed by atoms with E-state index in [1.54, 1.807) is 4.90 Å². The van der Waals surface area contributed by atoms with Crippen LogP contribution in [-0.2, 0) is 17.8 Å². The van der Waals surface area contributed by atoms with Gasteiger partial charge in [0.05, 0.1) is 6.61 Å². The van der Waals surface area contributed by atoms with Crippen LogP contribution in [0.3, 0.4) is 0 Å². The highest BCUT2D eigenvalue weighted by atomic mass is 35.5. The first kappa shape index (κ1) is 20.5. The summed E-state index contributed by atoms with van der Waals surface area (Å²) < 4.78 is 11.3. The molecule has 150 valence electrons. The molecule has 0 aromatic heterocycles. The normalized spacial score (nSPS) is 13.9. The molecular weight excluding hydrogens is 378 g/mol. The molecular formula is C22H26ClNO4. The van der Waals surface area contributed by atoms with Crippen LogP contribution in [0.4, 0.5) is 4.79 Å². The summed E-state index contributed by atoms with van der Waals surface area (Å²) in [5.74, 6) is 0.933. The van der Waals surface area contributed by atoms with Crippen molar-refractivity contribution in [1.82, 2.24) is 4.90 Å². The number of halogens is 1. The summed E-state index contributed by atoms with van der Waals surface area (Å²) in [5, 5.41) is 10.0. The number of aliphatic hydroxyl groups is 1. The minimum atomic E-state index is -0.312. The molecule has 1 saturated heterocycles. The second-order valence-corrected chi connectivity index (χ2v) is 7.34. The van der Waals surface area contributed by atoms with E-state index in [1.807, 2.05) is 50.2 Å². The Bertz CT molecular complexity index is 819. The maximum absolute atomic E-state index is 12.3. The van der Waals surface area contributed by atoms with Gasteiger partial charge in [-0.2, -0.15) is 0 Å². The highest BCUT2D eigenvalue weighted by Gasteiger charge is 2.36. The lowest BCUT2D eigenvalue weighted by atomic mass is 9.86. The molecule has 3 rings (SSSR count). The standard InChI is InChI=1S/C22H26ClNO4/c1-3-27-21-17(9-10-25)11-19(23)15(2)20(21)18-12-24(13-18)22(26)28-14-16-7-5-4-6-8-16/h4-8,11,18,25H,3,9-10,12-14H2,1-2H3. The molecule has 28 heavy (non-hydrogen) atoms. The Kier molecular flexibility index (Phi) is 6.81. The molecule has 0 bridgehead atoms. The summed E-state index contributed by atoms with van der Waals surface area (Å²) in [6.45, 7) is 5.86. The van der Waals surface area contributed by atoms with E-state index >= 15 is 0 Å². The predicted octanol–water partition coefficient (Wildman–Crippen LogP) is 4.32. The number of carbonyl (C=O) groups is 1. The largest absolute Gasteiger partial charge is 0.493 e. The monoisotopic (exact) mass is 403 g/mol. The molecule has 0 radical (unpaired) electrons. The highest BCUT2D eigenvalue weighted by molar-refractivity contribution is 6.31. The molecule has 6 heteroatoms. The zero-order valence-electron chi connectivity index (χ0n) is 16.3. The Morgan fingerprint density at radius 3 is 2.64 bits per heavy atom. The zero-order valence-corrected chi connectivity index (χ0v) is 17.0. The molecule has 0 unspecified atom stereocenters. The number of benzene rings is 2. The minimum Gasteiger partial charge on any atom is -0.493 e. The van der Waals surface area contributed by atoms with Gasteiger partial charge in [-0.15, -0.1) is 0 Å². The van der Waals surface area contributed by atoms with Crippen molar-refractivity contribution in [2.75, 3.05) is 26.3 Å². The van der Waals surface area contributed by atoms with Crippen LogP contribution in [0.15, 0.2) is 36.4 Å². The SMILES string of the molecule is CCOc1c(CCO)cc(Cl)c(C)c1C1CN(C(=O)OCc2ccccc2)C1. The van der Waals surface area contributed by atoms with Gasteiger partial charge < -0.3 is 19.5 Å². The van der Waals surface area contributed by atoms with Gasteiger partial charge >= 0.3 is 6.09 Å². The molecule has 5 nitrogen and oxygen atoms in total. The van der Waals surface area contributed by atoms with E-state index in [0.717, 1.165) is 28.0 Å². The van der Waals surface area contributed by atoms with Crippen LogP contribution in [-0.4, -0.2) is 42.4 Å². The van der Waals surface area contributed by atoms with Crippen molar-refractivity contribution in [3.8, 4) is 5.75 Å². The average Bonchev–Trinajstić information content (AvgIpc) is 2.66. The number of likely N-dealkylation sites (tertiary alicyclic amines) is 1. The Balaban J connectivity index is 1.69. The number of hydrogen-bond acceptors (Lipinski definition) is 4.